The Labute approximate surface area is 42.6 Å². The van der Waals surface area contributed by atoms with Crippen molar-refractivity contribution in [2.45, 2.75) is 0 Å². The van der Waals surface area contributed by atoms with E-state index in [4.69, 9.17) is 4.74 Å². The summed E-state index contributed by atoms with van der Waals surface area (Å²) in [6.45, 7) is 0. The van der Waals surface area contributed by atoms with E-state index in [1.54, 1.807) is 18.4 Å². The van der Waals surface area contributed by atoms with Crippen LogP contribution in [0.25, 0.3) is 0 Å². The van der Waals surface area contributed by atoms with E-state index in [-0.39, 0.29) is 0 Å². The fraction of sp³-hybridized carbons (Fsp3) is 0. The highest BCUT2D eigenvalue weighted by Gasteiger charge is 1.70. The molecule has 0 aromatic carbocycles. The molecule has 0 aromatic heterocycles. The summed E-state index contributed by atoms with van der Waals surface area (Å²) in [5, 5.41) is 0. The molecule has 1 rings (SSSR count). The topological polar surface area (TPSA) is 9.23 Å². The predicted octanol–water partition coefficient (Wildman–Crippen LogP) is 1.40. The molecule has 0 aliphatic carbocycles. The van der Waals surface area contributed by atoms with E-state index in [1.165, 1.54) is 6.26 Å². The second-order valence-corrected chi connectivity index (χ2v) is 1.11. The molecule has 1 radical (unpaired) electrons. The molecule has 0 N–H and O–H groups in total. The average Bonchev–Trinajstić information content (AvgIpc) is 1.90. The molecule has 0 amide bonds. The van der Waals surface area contributed by atoms with Gasteiger partial charge in [0.05, 0.1) is 12.5 Å². The Balaban J connectivity index is 2.60. The van der Waals surface area contributed by atoms with Gasteiger partial charge in [-0.25, -0.2) is 0 Å². The maximum Gasteiger partial charge on any atom is 0.0980 e. The number of hydrogen-bond donors (Lipinski definition) is 0. The molecule has 0 aromatic rings. The molecule has 0 unspecified atom stereocenters. The van der Waals surface area contributed by atoms with E-state index in [9.17, 15) is 0 Å². The van der Waals surface area contributed by atoms with Crippen LogP contribution in [0.4, 0.5) is 0 Å². The quantitative estimate of drug-likeness (QED) is 0.440. The summed E-state index contributed by atoms with van der Waals surface area (Å²) in [5.41, 5.74) is 0. The molecule has 0 fully saturated rings. The standard InChI is InChI=1S/C6H5O/c1-2-4-6-7-5-3-1/h1-3,5-6H. The van der Waals surface area contributed by atoms with Crippen LogP contribution >= 0.6 is 0 Å². The minimum Gasteiger partial charge on any atom is -0.472 e. The number of allylic oxidation sites excluding steroid dienone is 4. The van der Waals surface area contributed by atoms with E-state index < -0.39 is 0 Å². The lowest BCUT2D eigenvalue weighted by molar-refractivity contribution is 0.402. The van der Waals surface area contributed by atoms with Crippen molar-refractivity contribution in [3.05, 3.63) is 36.8 Å². The molecule has 0 saturated carbocycles. The van der Waals surface area contributed by atoms with Gasteiger partial charge in [0.15, 0.2) is 0 Å². The monoisotopic (exact) mass is 93.0 g/mol. The molecular formula is C6H5O. The van der Waals surface area contributed by atoms with Gasteiger partial charge in [-0.2, -0.15) is 0 Å². The molecule has 1 aliphatic heterocycles. The molecule has 7 heavy (non-hydrogen) atoms. The fourth-order valence-corrected chi connectivity index (χ4v) is 0.320. The third-order valence-corrected chi connectivity index (χ3v) is 0.597. The average molecular weight is 93.1 g/mol. The van der Waals surface area contributed by atoms with Gasteiger partial charge in [-0.1, -0.05) is 12.2 Å². The first-order valence-corrected chi connectivity index (χ1v) is 2.05. The Bertz CT molecular complexity index is 106. The highest BCUT2D eigenvalue weighted by Crippen LogP contribution is 1.87. The third-order valence-electron chi connectivity index (χ3n) is 0.597. The van der Waals surface area contributed by atoms with Crippen LogP contribution in [0.1, 0.15) is 0 Å². The van der Waals surface area contributed by atoms with Crippen LogP contribution in [0.5, 0.6) is 0 Å². The zero-order chi connectivity index (χ0) is 4.95. The number of rotatable bonds is 0. The lowest BCUT2D eigenvalue weighted by Gasteiger charge is -1.79. The van der Waals surface area contributed by atoms with Gasteiger partial charge in [0.2, 0.25) is 0 Å². The molecule has 1 aliphatic rings. The molecule has 0 spiro atoms. The van der Waals surface area contributed by atoms with Crippen molar-refractivity contribution in [2.24, 2.45) is 0 Å². The van der Waals surface area contributed by atoms with E-state index in [2.05, 4.69) is 6.08 Å². The lowest BCUT2D eigenvalue weighted by atomic mass is 10.5. The molecule has 0 bridgehead atoms. The van der Waals surface area contributed by atoms with E-state index in [0.717, 1.165) is 0 Å². The van der Waals surface area contributed by atoms with Crippen LogP contribution in [0.2, 0.25) is 0 Å². The van der Waals surface area contributed by atoms with Gasteiger partial charge in [-0.15, -0.1) is 0 Å². The van der Waals surface area contributed by atoms with Gasteiger partial charge in [0.25, 0.3) is 0 Å². The number of ether oxygens (including phenoxy) is 1. The summed E-state index contributed by atoms with van der Waals surface area (Å²) in [4.78, 5) is 0. The van der Waals surface area contributed by atoms with Crippen LogP contribution in [0.15, 0.2) is 30.8 Å². The number of hydrogen-bond acceptors (Lipinski definition) is 1. The van der Waals surface area contributed by atoms with Crippen LogP contribution < -0.4 is 0 Å². The Morgan fingerprint density at radius 2 is 2.29 bits per heavy atom. The molecule has 0 atom stereocenters. The Morgan fingerprint density at radius 3 is 3.29 bits per heavy atom. The Hall–Kier alpha value is -0.980. The van der Waals surface area contributed by atoms with E-state index >= 15 is 0 Å². The summed E-state index contributed by atoms with van der Waals surface area (Å²) in [5.74, 6) is 0. The zero-order valence-corrected chi connectivity index (χ0v) is 3.79. The highest BCUT2D eigenvalue weighted by molar-refractivity contribution is 5.07. The molecule has 1 heterocycles. The van der Waals surface area contributed by atoms with Crippen molar-refractivity contribution in [3.63, 3.8) is 0 Å². The SMILES string of the molecule is [C]1=COC=CC=C1. The maximum atomic E-state index is 4.72. The van der Waals surface area contributed by atoms with Gasteiger partial charge in [0, 0.05) is 6.08 Å². The normalized spacial score (nSPS) is 16.0. The van der Waals surface area contributed by atoms with Crippen molar-refractivity contribution >= 4 is 0 Å². The van der Waals surface area contributed by atoms with Crippen molar-refractivity contribution < 1.29 is 4.74 Å². The van der Waals surface area contributed by atoms with Crippen LogP contribution in [-0.2, 0) is 4.74 Å². The molecule has 35 valence electrons. The summed E-state index contributed by atoms with van der Waals surface area (Å²) >= 11 is 0. The molecule has 0 saturated heterocycles. The summed E-state index contributed by atoms with van der Waals surface area (Å²) in [7, 11) is 0. The van der Waals surface area contributed by atoms with E-state index in [0.29, 0.717) is 0 Å². The highest BCUT2D eigenvalue weighted by atomic mass is 16.5. The molecule has 1 nitrogen and oxygen atoms in total. The summed E-state index contributed by atoms with van der Waals surface area (Å²) in [6.07, 6.45) is 11.3. The molecular weight excluding hydrogens is 88.1 g/mol. The lowest BCUT2D eigenvalue weighted by Crippen LogP contribution is -1.57. The van der Waals surface area contributed by atoms with Gasteiger partial charge < -0.3 is 4.74 Å². The minimum absolute atomic E-state index is 1.50. The van der Waals surface area contributed by atoms with E-state index in [1.807, 2.05) is 6.08 Å². The van der Waals surface area contributed by atoms with Crippen molar-refractivity contribution in [1.82, 2.24) is 0 Å². The first-order valence-electron chi connectivity index (χ1n) is 2.05. The Morgan fingerprint density at radius 1 is 1.29 bits per heavy atom. The first kappa shape index (κ1) is 4.19. The zero-order valence-electron chi connectivity index (χ0n) is 3.79. The maximum absolute atomic E-state index is 4.72. The van der Waals surface area contributed by atoms with Crippen LogP contribution in [0.3, 0.4) is 0 Å². The van der Waals surface area contributed by atoms with Crippen molar-refractivity contribution in [3.8, 4) is 0 Å². The molecule has 1 heteroatoms. The van der Waals surface area contributed by atoms with Gasteiger partial charge in [0.1, 0.15) is 0 Å². The van der Waals surface area contributed by atoms with Gasteiger partial charge in [-0.05, 0) is 6.08 Å². The summed E-state index contributed by atoms with van der Waals surface area (Å²) in [6, 6.07) is 0. The van der Waals surface area contributed by atoms with Crippen LogP contribution in [-0.4, -0.2) is 0 Å². The predicted molar refractivity (Wildman–Crippen MR) is 27.2 cm³/mol. The minimum atomic E-state index is 1.50. The van der Waals surface area contributed by atoms with Gasteiger partial charge >= 0.3 is 0 Å². The van der Waals surface area contributed by atoms with Crippen molar-refractivity contribution in [2.75, 3.05) is 0 Å². The summed E-state index contributed by atoms with van der Waals surface area (Å²) < 4.78 is 4.72. The second-order valence-electron chi connectivity index (χ2n) is 1.11. The Kier molecular flexibility index (Phi) is 1.34. The van der Waals surface area contributed by atoms with Crippen LogP contribution in [0, 0.1) is 6.08 Å². The smallest absolute Gasteiger partial charge is 0.0980 e. The largest absolute Gasteiger partial charge is 0.472 e. The first-order chi connectivity index (χ1) is 3.50. The van der Waals surface area contributed by atoms with Gasteiger partial charge in [-0.3, -0.25) is 0 Å². The second kappa shape index (κ2) is 2.24. The van der Waals surface area contributed by atoms with Crippen molar-refractivity contribution in [1.29, 1.82) is 0 Å². The third kappa shape index (κ3) is 1.26. The fourth-order valence-electron chi connectivity index (χ4n) is 0.320.